The minimum Gasteiger partial charge on any atom is -0.481 e. The van der Waals surface area contributed by atoms with Crippen molar-refractivity contribution in [3.05, 3.63) is 29.8 Å². The number of carbonyl (C=O) groups is 1. The molecular formula is C16H19F3O5S. The molecule has 0 amide bonds. The Hall–Kier alpha value is -1.77. The van der Waals surface area contributed by atoms with Crippen LogP contribution in [0.1, 0.15) is 44.1 Å². The molecule has 1 aromatic carbocycles. The van der Waals surface area contributed by atoms with Gasteiger partial charge in [0.1, 0.15) is 5.75 Å². The van der Waals surface area contributed by atoms with Crippen molar-refractivity contribution in [2.24, 2.45) is 11.8 Å². The summed E-state index contributed by atoms with van der Waals surface area (Å²) < 4.78 is 62.9. The number of halogens is 3. The van der Waals surface area contributed by atoms with Gasteiger partial charge in [-0.25, -0.2) is 0 Å². The van der Waals surface area contributed by atoms with Gasteiger partial charge in [-0.2, -0.15) is 21.6 Å². The number of hydrogen-bond acceptors (Lipinski definition) is 4. The van der Waals surface area contributed by atoms with Crippen molar-refractivity contribution < 1.29 is 35.7 Å². The molecule has 1 N–H and O–H groups in total. The van der Waals surface area contributed by atoms with Gasteiger partial charge in [0.05, 0.1) is 5.92 Å². The Bertz CT molecular complexity index is 704. The van der Waals surface area contributed by atoms with Crippen LogP contribution in [0.15, 0.2) is 24.3 Å². The van der Waals surface area contributed by atoms with Crippen LogP contribution in [-0.2, 0) is 14.9 Å². The SMILES string of the molecule is CC(C(=O)O)[C@H]1CC[C@H](c2ccc(OS(=O)(=O)C(F)(F)F)cc2)CC1. The van der Waals surface area contributed by atoms with Crippen LogP contribution >= 0.6 is 0 Å². The summed E-state index contributed by atoms with van der Waals surface area (Å²) in [5.74, 6) is -1.31. The van der Waals surface area contributed by atoms with Gasteiger partial charge in [0.15, 0.2) is 0 Å². The molecule has 1 saturated carbocycles. The van der Waals surface area contributed by atoms with E-state index in [9.17, 15) is 26.4 Å². The van der Waals surface area contributed by atoms with Gasteiger partial charge in [-0.05, 0) is 55.2 Å². The van der Waals surface area contributed by atoms with Gasteiger partial charge in [-0.15, -0.1) is 0 Å². The average Bonchev–Trinajstić information content (AvgIpc) is 2.53. The first-order chi connectivity index (χ1) is 11.5. The highest BCUT2D eigenvalue weighted by atomic mass is 32.2. The molecule has 0 heterocycles. The molecule has 1 aliphatic rings. The Morgan fingerprint density at radius 2 is 1.68 bits per heavy atom. The summed E-state index contributed by atoms with van der Waals surface area (Å²) in [5.41, 5.74) is -4.59. The molecule has 25 heavy (non-hydrogen) atoms. The zero-order valence-electron chi connectivity index (χ0n) is 13.5. The molecule has 0 radical (unpaired) electrons. The summed E-state index contributed by atoms with van der Waals surface area (Å²) in [6.07, 6.45) is 3.09. The molecule has 2 rings (SSSR count). The predicted molar refractivity (Wildman–Crippen MR) is 83.5 cm³/mol. The second kappa shape index (κ2) is 7.23. The summed E-state index contributed by atoms with van der Waals surface area (Å²) in [7, 11) is -5.67. The summed E-state index contributed by atoms with van der Waals surface area (Å²) in [4.78, 5) is 11.0. The fraction of sp³-hybridized carbons (Fsp3) is 0.562. The second-order valence-electron chi connectivity index (χ2n) is 6.29. The molecule has 1 aliphatic carbocycles. The molecule has 1 atom stereocenters. The number of carboxylic acid groups (broad SMARTS) is 1. The van der Waals surface area contributed by atoms with E-state index in [1.807, 2.05) is 0 Å². The van der Waals surface area contributed by atoms with Crippen molar-refractivity contribution in [3.63, 3.8) is 0 Å². The predicted octanol–water partition coefficient (Wildman–Crippen LogP) is 3.91. The Morgan fingerprint density at radius 1 is 1.16 bits per heavy atom. The lowest BCUT2D eigenvalue weighted by Crippen LogP contribution is -2.28. The maximum absolute atomic E-state index is 12.3. The van der Waals surface area contributed by atoms with Gasteiger partial charge in [-0.1, -0.05) is 19.1 Å². The first-order valence-electron chi connectivity index (χ1n) is 7.85. The molecule has 140 valence electrons. The van der Waals surface area contributed by atoms with Crippen LogP contribution in [0.4, 0.5) is 13.2 Å². The number of aliphatic carboxylic acids is 1. The van der Waals surface area contributed by atoms with Crippen LogP contribution in [0.3, 0.4) is 0 Å². The summed E-state index contributed by atoms with van der Waals surface area (Å²) >= 11 is 0. The van der Waals surface area contributed by atoms with E-state index < -0.39 is 33.3 Å². The van der Waals surface area contributed by atoms with E-state index in [1.165, 1.54) is 12.1 Å². The van der Waals surface area contributed by atoms with Crippen molar-refractivity contribution in [1.82, 2.24) is 0 Å². The van der Waals surface area contributed by atoms with Crippen LogP contribution in [0.25, 0.3) is 0 Å². The normalized spacial score (nSPS) is 23.0. The molecule has 0 bridgehead atoms. The maximum Gasteiger partial charge on any atom is 0.534 e. The van der Waals surface area contributed by atoms with Crippen LogP contribution in [-0.4, -0.2) is 25.0 Å². The van der Waals surface area contributed by atoms with E-state index in [-0.39, 0.29) is 11.8 Å². The highest BCUT2D eigenvalue weighted by molar-refractivity contribution is 7.88. The van der Waals surface area contributed by atoms with Crippen molar-refractivity contribution >= 4 is 16.1 Å². The van der Waals surface area contributed by atoms with Crippen LogP contribution in [0.2, 0.25) is 0 Å². The highest BCUT2D eigenvalue weighted by Gasteiger charge is 2.48. The van der Waals surface area contributed by atoms with Crippen molar-refractivity contribution in [2.75, 3.05) is 0 Å². The largest absolute Gasteiger partial charge is 0.534 e. The van der Waals surface area contributed by atoms with E-state index >= 15 is 0 Å². The number of hydrogen-bond donors (Lipinski definition) is 1. The standard InChI is InChI=1S/C16H19F3O5S/c1-10(15(20)21)11-2-4-12(5-3-11)13-6-8-14(9-7-13)24-25(22,23)16(17,18)19/h6-12H,2-5H2,1H3,(H,20,21)/t10?,11-,12-. The van der Waals surface area contributed by atoms with Crippen molar-refractivity contribution in [3.8, 4) is 5.75 Å². The third-order valence-corrected chi connectivity index (χ3v) is 5.69. The number of rotatable bonds is 5. The summed E-state index contributed by atoms with van der Waals surface area (Å²) in [6, 6.07) is 5.49. The molecule has 1 fully saturated rings. The van der Waals surface area contributed by atoms with E-state index in [2.05, 4.69) is 4.18 Å². The molecule has 0 saturated heterocycles. The second-order valence-corrected chi connectivity index (χ2v) is 7.83. The number of alkyl halides is 3. The Morgan fingerprint density at radius 3 is 2.12 bits per heavy atom. The third-order valence-electron chi connectivity index (χ3n) is 4.71. The molecule has 0 aromatic heterocycles. The Balaban J connectivity index is 1.99. The van der Waals surface area contributed by atoms with Gasteiger partial charge in [0, 0.05) is 0 Å². The van der Waals surface area contributed by atoms with Crippen LogP contribution in [0.5, 0.6) is 5.75 Å². The van der Waals surface area contributed by atoms with Crippen LogP contribution < -0.4 is 4.18 Å². The molecule has 0 aliphatic heterocycles. The fourth-order valence-corrected chi connectivity index (χ4v) is 3.58. The minimum atomic E-state index is -5.67. The zero-order chi connectivity index (χ0) is 18.8. The smallest absolute Gasteiger partial charge is 0.481 e. The molecule has 1 aromatic rings. The lowest BCUT2D eigenvalue weighted by molar-refractivity contribution is -0.143. The van der Waals surface area contributed by atoms with Gasteiger partial charge >= 0.3 is 21.6 Å². The van der Waals surface area contributed by atoms with Gasteiger partial charge in [0.25, 0.3) is 0 Å². The van der Waals surface area contributed by atoms with Crippen molar-refractivity contribution in [1.29, 1.82) is 0 Å². The lowest BCUT2D eigenvalue weighted by atomic mass is 9.74. The Labute approximate surface area is 143 Å². The molecule has 1 unspecified atom stereocenters. The molecule has 9 heteroatoms. The quantitative estimate of drug-likeness (QED) is 0.619. The molecule has 5 nitrogen and oxygen atoms in total. The maximum atomic E-state index is 12.3. The number of carboxylic acids is 1. The van der Waals surface area contributed by atoms with E-state index in [4.69, 9.17) is 5.11 Å². The zero-order valence-corrected chi connectivity index (χ0v) is 14.3. The topological polar surface area (TPSA) is 80.7 Å². The third kappa shape index (κ3) is 4.65. The van der Waals surface area contributed by atoms with Gasteiger partial charge < -0.3 is 9.29 Å². The lowest BCUT2D eigenvalue weighted by Gasteiger charge is -2.30. The monoisotopic (exact) mass is 380 g/mol. The first kappa shape index (κ1) is 19.6. The van der Waals surface area contributed by atoms with Gasteiger partial charge in [0.2, 0.25) is 0 Å². The Kier molecular flexibility index (Phi) is 5.65. The molecular weight excluding hydrogens is 361 g/mol. The molecule has 0 spiro atoms. The van der Waals surface area contributed by atoms with Gasteiger partial charge in [-0.3, -0.25) is 4.79 Å². The summed E-state index contributed by atoms with van der Waals surface area (Å²) in [5, 5.41) is 9.05. The first-order valence-corrected chi connectivity index (χ1v) is 9.25. The van der Waals surface area contributed by atoms with E-state index in [1.54, 1.807) is 19.1 Å². The van der Waals surface area contributed by atoms with E-state index in [0.717, 1.165) is 31.2 Å². The minimum absolute atomic E-state index is 0.119. The average molecular weight is 380 g/mol. The van der Waals surface area contributed by atoms with Crippen molar-refractivity contribution in [2.45, 2.75) is 44.0 Å². The highest BCUT2D eigenvalue weighted by Crippen LogP contribution is 2.39. The number of benzene rings is 1. The fourth-order valence-electron chi connectivity index (χ4n) is 3.12. The van der Waals surface area contributed by atoms with E-state index in [0.29, 0.717) is 0 Å². The van der Waals surface area contributed by atoms with Crippen LogP contribution in [0, 0.1) is 11.8 Å². The summed E-state index contributed by atoms with van der Waals surface area (Å²) in [6.45, 7) is 1.69.